The van der Waals surface area contributed by atoms with Crippen molar-refractivity contribution in [2.45, 2.75) is 77.4 Å². The molecule has 176 valence electrons. The minimum absolute atomic E-state index is 0.0944. The van der Waals surface area contributed by atoms with Crippen molar-refractivity contribution in [3.05, 3.63) is 47.2 Å². The molecule has 4 rings (SSSR count). The van der Waals surface area contributed by atoms with Crippen LogP contribution in [0.2, 0.25) is 0 Å². The van der Waals surface area contributed by atoms with Crippen molar-refractivity contribution in [3.8, 4) is 17.4 Å². The van der Waals surface area contributed by atoms with Gasteiger partial charge in [0.15, 0.2) is 5.78 Å². The van der Waals surface area contributed by atoms with Gasteiger partial charge in [-0.25, -0.2) is 9.78 Å². The van der Waals surface area contributed by atoms with Crippen LogP contribution in [0, 0.1) is 6.92 Å². The van der Waals surface area contributed by atoms with E-state index in [-0.39, 0.29) is 17.6 Å². The van der Waals surface area contributed by atoms with Crippen LogP contribution in [0.15, 0.2) is 30.5 Å². The quantitative estimate of drug-likeness (QED) is 0.635. The molecule has 0 unspecified atom stereocenters. The van der Waals surface area contributed by atoms with Gasteiger partial charge in [0.1, 0.15) is 17.1 Å². The van der Waals surface area contributed by atoms with E-state index in [0.29, 0.717) is 18.9 Å². The summed E-state index contributed by atoms with van der Waals surface area (Å²) in [5.41, 5.74) is 2.51. The number of amides is 1. The molecule has 1 atom stereocenters. The number of benzene rings is 1. The molecule has 1 fully saturated rings. The number of aryl methyl sites for hydroxylation is 1. The summed E-state index contributed by atoms with van der Waals surface area (Å²) in [6.07, 6.45) is 3.93. The number of alkyl carbamates (subject to hydrolysis) is 1. The van der Waals surface area contributed by atoms with E-state index < -0.39 is 17.7 Å². The van der Waals surface area contributed by atoms with E-state index in [9.17, 15) is 9.59 Å². The van der Waals surface area contributed by atoms with Gasteiger partial charge >= 0.3 is 6.09 Å². The molecule has 0 bridgehead atoms. The molecule has 2 aliphatic rings. The fourth-order valence-corrected chi connectivity index (χ4v) is 4.14. The highest BCUT2D eigenvalue weighted by Gasteiger charge is 2.53. The topological polar surface area (TPSA) is 86.8 Å². The van der Waals surface area contributed by atoms with Gasteiger partial charge in [-0.15, -0.1) is 0 Å². The average Bonchev–Trinajstić information content (AvgIpc) is 3.42. The molecule has 0 radical (unpaired) electrons. The van der Waals surface area contributed by atoms with Gasteiger partial charge in [0.05, 0.1) is 12.6 Å². The fourth-order valence-electron chi connectivity index (χ4n) is 4.14. The summed E-state index contributed by atoms with van der Waals surface area (Å²) in [5, 5.41) is 2.66. The second kappa shape index (κ2) is 8.69. The van der Waals surface area contributed by atoms with Crippen LogP contribution in [0.5, 0.6) is 17.4 Å². The molecule has 7 heteroatoms. The number of rotatable bonds is 7. The Morgan fingerprint density at radius 1 is 1.21 bits per heavy atom. The van der Waals surface area contributed by atoms with E-state index >= 15 is 0 Å². The van der Waals surface area contributed by atoms with Gasteiger partial charge in [-0.3, -0.25) is 4.79 Å². The van der Waals surface area contributed by atoms with Crippen LogP contribution in [0.1, 0.15) is 63.6 Å². The molecular formula is C26H32N2O5. The fraction of sp³-hybridized carbons (Fsp3) is 0.500. The van der Waals surface area contributed by atoms with Gasteiger partial charge in [0.25, 0.3) is 0 Å². The Kier molecular flexibility index (Phi) is 6.08. The normalized spacial score (nSPS) is 16.5. The van der Waals surface area contributed by atoms with Crippen LogP contribution in [0.3, 0.4) is 0 Å². The summed E-state index contributed by atoms with van der Waals surface area (Å²) < 4.78 is 17.3. The summed E-state index contributed by atoms with van der Waals surface area (Å²) in [6, 6.07) is 6.98. The number of nitrogens with zero attached hydrogens (tertiary/aromatic N) is 1. The lowest BCUT2D eigenvalue weighted by molar-refractivity contribution is -0.120. The number of ketones is 1. The Bertz CT molecular complexity index is 1050. The second-order valence-electron chi connectivity index (χ2n) is 10.0. The van der Waals surface area contributed by atoms with Crippen LogP contribution >= 0.6 is 0 Å². The molecule has 1 N–H and O–H groups in total. The highest BCUT2D eigenvalue weighted by molar-refractivity contribution is 5.89. The Morgan fingerprint density at radius 2 is 1.97 bits per heavy atom. The Hall–Kier alpha value is -3.09. The molecule has 33 heavy (non-hydrogen) atoms. The van der Waals surface area contributed by atoms with Crippen LogP contribution in [-0.4, -0.2) is 35.1 Å². The second-order valence-corrected chi connectivity index (χ2v) is 10.0. The molecule has 1 aromatic carbocycles. The zero-order chi connectivity index (χ0) is 23.8. The third kappa shape index (κ3) is 5.13. The number of Topliss-reactive ketones (excluding diaryl/α,β-unsaturated/α-hetero) is 1. The zero-order valence-electron chi connectivity index (χ0n) is 20.0. The van der Waals surface area contributed by atoms with Crippen LogP contribution in [-0.2, 0) is 21.4 Å². The van der Waals surface area contributed by atoms with Crippen molar-refractivity contribution in [2.75, 3.05) is 6.61 Å². The molecule has 1 saturated carbocycles. The van der Waals surface area contributed by atoms with Gasteiger partial charge < -0.3 is 19.5 Å². The number of fused-ring (bicyclic) bond motifs is 2. The third-order valence-electron chi connectivity index (χ3n) is 6.07. The summed E-state index contributed by atoms with van der Waals surface area (Å²) >= 11 is 0. The van der Waals surface area contributed by atoms with E-state index in [0.717, 1.165) is 41.0 Å². The average molecular weight is 453 g/mol. The maximum Gasteiger partial charge on any atom is 0.408 e. The zero-order valence-corrected chi connectivity index (χ0v) is 20.0. The van der Waals surface area contributed by atoms with Gasteiger partial charge in [-0.2, -0.15) is 0 Å². The number of ether oxygens (including phenoxy) is 3. The smallest absolute Gasteiger partial charge is 0.408 e. The molecule has 0 saturated heterocycles. The van der Waals surface area contributed by atoms with Crippen LogP contribution < -0.4 is 14.8 Å². The Morgan fingerprint density at radius 3 is 2.58 bits per heavy atom. The maximum absolute atomic E-state index is 12.7. The molecule has 1 spiro atoms. The lowest BCUT2D eigenvalue weighted by atomic mass is 9.95. The maximum atomic E-state index is 12.7. The minimum Gasteiger partial charge on any atom is -0.492 e. The van der Waals surface area contributed by atoms with Crippen molar-refractivity contribution >= 4 is 11.9 Å². The molecule has 7 nitrogen and oxygen atoms in total. The van der Waals surface area contributed by atoms with Gasteiger partial charge in [0.2, 0.25) is 5.88 Å². The number of nitrogens with one attached hydrogen (secondary N) is 1. The highest BCUT2D eigenvalue weighted by Crippen LogP contribution is 2.59. The van der Waals surface area contributed by atoms with Crippen molar-refractivity contribution in [1.29, 1.82) is 0 Å². The summed E-state index contributed by atoms with van der Waals surface area (Å²) in [6.45, 7) is 9.97. The number of carbonyl (C=O) groups excluding carboxylic acids is 2. The largest absolute Gasteiger partial charge is 0.492 e. The molecule has 1 amide bonds. The number of hydrogen-bond acceptors (Lipinski definition) is 6. The van der Waals surface area contributed by atoms with E-state index in [4.69, 9.17) is 14.2 Å². The van der Waals surface area contributed by atoms with Crippen molar-refractivity contribution < 1.29 is 23.8 Å². The molecule has 1 aliphatic carbocycles. The van der Waals surface area contributed by atoms with E-state index in [1.165, 1.54) is 0 Å². The monoisotopic (exact) mass is 452 g/mol. The summed E-state index contributed by atoms with van der Waals surface area (Å²) in [5.74, 6) is 2.10. The molecule has 2 aromatic rings. The van der Waals surface area contributed by atoms with Gasteiger partial charge in [0, 0.05) is 29.7 Å². The van der Waals surface area contributed by atoms with Gasteiger partial charge in [-0.05, 0) is 64.2 Å². The molecular weight excluding hydrogens is 420 g/mol. The first kappa shape index (κ1) is 23.1. The lowest BCUT2D eigenvalue weighted by Crippen LogP contribution is -2.43. The number of aromatic nitrogens is 1. The van der Waals surface area contributed by atoms with Crippen LogP contribution in [0.4, 0.5) is 4.79 Å². The van der Waals surface area contributed by atoms with E-state index in [2.05, 4.69) is 17.2 Å². The first-order chi connectivity index (χ1) is 15.6. The Balaban J connectivity index is 1.40. The lowest BCUT2D eigenvalue weighted by Gasteiger charge is -2.22. The SMILES string of the molecule is CC[C@@H](NC(=O)OC(C)(C)C)C(=O)Cc1ccc(Oc2ccc(C)c3c2C2(CC2)CO3)nc1. The molecule has 1 aromatic heterocycles. The van der Waals surface area contributed by atoms with Crippen molar-refractivity contribution in [2.24, 2.45) is 0 Å². The summed E-state index contributed by atoms with van der Waals surface area (Å²) in [4.78, 5) is 29.2. The predicted octanol–water partition coefficient (Wildman–Crippen LogP) is 5.02. The molecule has 1 aliphatic heterocycles. The highest BCUT2D eigenvalue weighted by atomic mass is 16.6. The number of carbonyl (C=O) groups is 2. The number of hydrogen-bond donors (Lipinski definition) is 1. The predicted molar refractivity (Wildman–Crippen MR) is 124 cm³/mol. The van der Waals surface area contributed by atoms with E-state index in [1.54, 1.807) is 33.0 Å². The first-order valence-electron chi connectivity index (χ1n) is 11.5. The van der Waals surface area contributed by atoms with Crippen LogP contribution in [0.25, 0.3) is 0 Å². The van der Waals surface area contributed by atoms with Crippen molar-refractivity contribution in [1.82, 2.24) is 10.3 Å². The minimum atomic E-state index is -0.617. The van der Waals surface area contributed by atoms with Crippen molar-refractivity contribution in [3.63, 3.8) is 0 Å². The summed E-state index contributed by atoms with van der Waals surface area (Å²) in [7, 11) is 0. The third-order valence-corrected chi connectivity index (χ3v) is 6.07. The molecule has 2 heterocycles. The number of pyridine rings is 1. The Labute approximate surface area is 194 Å². The standard InChI is InChI=1S/C26H32N2O5/c1-6-18(28-24(30)33-25(3,4)5)19(29)13-17-8-10-21(27-14-17)32-20-9-7-16(2)23-22(20)26(11-12-26)15-31-23/h7-10,14,18H,6,11-13,15H2,1-5H3,(H,28,30)/t18-/m1/s1. The van der Waals surface area contributed by atoms with Gasteiger partial charge in [-0.1, -0.05) is 19.1 Å². The van der Waals surface area contributed by atoms with E-state index in [1.807, 2.05) is 25.1 Å². The first-order valence-corrected chi connectivity index (χ1v) is 11.5.